The molecule has 2 heteroatoms. The highest BCUT2D eigenvalue weighted by atomic mass is 16.6. The van der Waals surface area contributed by atoms with Crippen LogP contribution in [0.2, 0.25) is 0 Å². The third kappa shape index (κ3) is 4.23. The zero-order chi connectivity index (χ0) is 16.3. The van der Waals surface area contributed by atoms with E-state index in [4.69, 9.17) is 4.74 Å². The monoisotopic (exact) mass is 296 g/mol. The van der Waals surface area contributed by atoms with E-state index >= 15 is 0 Å². The van der Waals surface area contributed by atoms with Crippen LogP contribution in [-0.2, 0) is 9.53 Å². The molecule has 2 atom stereocenters. The van der Waals surface area contributed by atoms with Crippen molar-refractivity contribution in [2.24, 2.45) is 23.2 Å². The molecule has 0 amide bonds. The molecule has 2 nitrogen and oxygen atoms in total. The third-order valence-corrected chi connectivity index (χ3v) is 6.26. The van der Waals surface area contributed by atoms with E-state index in [-0.39, 0.29) is 17.0 Å². The van der Waals surface area contributed by atoms with Crippen LogP contribution in [0.15, 0.2) is 0 Å². The molecular weight excluding hydrogens is 260 g/mol. The summed E-state index contributed by atoms with van der Waals surface area (Å²) in [6, 6.07) is 0. The second kappa shape index (κ2) is 7.15. The maximum absolute atomic E-state index is 12.8. The van der Waals surface area contributed by atoms with Crippen LogP contribution in [0.3, 0.4) is 0 Å². The lowest BCUT2D eigenvalue weighted by Crippen LogP contribution is -2.44. The van der Waals surface area contributed by atoms with Gasteiger partial charge in [0.25, 0.3) is 0 Å². The number of esters is 1. The molecule has 1 fully saturated rings. The highest BCUT2D eigenvalue weighted by molar-refractivity contribution is 5.77. The van der Waals surface area contributed by atoms with Gasteiger partial charge in [0, 0.05) is 0 Å². The summed E-state index contributed by atoms with van der Waals surface area (Å²) in [4.78, 5) is 12.8. The second-order valence-corrected chi connectivity index (χ2v) is 8.03. The van der Waals surface area contributed by atoms with Crippen molar-refractivity contribution in [2.45, 2.75) is 92.6 Å². The lowest BCUT2D eigenvalue weighted by Gasteiger charge is -2.41. The van der Waals surface area contributed by atoms with Crippen molar-refractivity contribution in [3.05, 3.63) is 0 Å². The maximum atomic E-state index is 12.8. The van der Waals surface area contributed by atoms with E-state index in [1.807, 2.05) is 0 Å². The predicted molar refractivity (Wildman–Crippen MR) is 89.1 cm³/mol. The van der Waals surface area contributed by atoms with Crippen LogP contribution in [0, 0.1) is 23.2 Å². The Morgan fingerprint density at radius 2 is 1.67 bits per heavy atom. The Bertz CT molecular complexity index is 339. The Kier molecular flexibility index (Phi) is 6.31. The molecule has 0 spiro atoms. The van der Waals surface area contributed by atoms with Gasteiger partial charge in [-0.05, 0) is 57.8 Å². The minimum absolute atomic E-state index is 0.00275. The summed E-state index contributed by atoms with van der Waals surface area (Å²) in [6.07, 6.45) is 6.77. The van der Waals surface area contributed by atoms with Gasteiger partial charge in [0.1, 0.15) is 5.60 Å². The largest absolute Gasteiger partial charge is 0.459 e. The maximum Gasteiger partial charge on any atom is 0.312 e. The number of rotatable bonds is 6. The molecule has 21 heavy (non-hydrogen) atoms. The topological polar surface area (TPSA) is 26.3 Å². The summed E-state index contributed by atoms with van der Waals surface area (Å²) in [5, 5.41) is 0. The Morgan fingerprint density at radius 3 is 2.10 bits per heavy atom. The van der Waals surface area contributed by atoms with Gasteiger partial charge in [-0.15, -0.1) is 0 Å². The van der Waals surface area contributed by atoms with Crippen LogP contribution >= 0.6 is 0 Å². The number of ether oxygens (including phenoxy) is 1. The molecule has 2 unspecified atom stereocenters. The van der Waals surface area contributed by atoms with Crippen LogP contribution in [0.5, 0.6) is 0 Å². The third-order valence-electron chi connectivity index (χ3n) is 6.26. The molecule has 0 aromatic heterocycles. The van der Waals surface area contributed by atoms with Crippen LogP contribution < -0.4 is 0 Å². The Balaban J connectivity index is 2.75. The average molecular weight is 296 g/mol. The highest BCUT2D eigenvalue weighted by Crippen LogP contribution is 2.40. The SMILES string of the molecule is CCC(C)C(C)(CC)C(=O)OC(C)(C)C1CCC(C)CC1. The smallest absolute Gasteiger partial charge is 0.312 e. The van der Waals surface area contributed by atoms with E-state index in [9.17, 15) is 4.79 Å². The summed E-state index contributed by atoms with van der Waals surface area (Å²) in [7, 11) is 0. The first-order valence-electron chi connectivity index (χ1n) is 8.90. The van der Waals surface area contributed by atoms with Gasteiger partial charge in [0.15, 0.2) is 0 Å². The van der Waals surface area contributed by atoms with E-state index in [1.165, 1.54) is 25.7 Å². The zero-order valence-electron chi connectivity index (χ0n) is 15.3. The zero-order valence-corrected chi connectivity index (χ0v) is 15.3. The summed E-state index contributed by atoms with van der Waals surface area (Å²) in [6.45, 7) is 15.0. The van der Waals surface area contributed by atoms with Crippen molar-refractivity contribution in [3.8, 4) is 0 Å². The van der Waals surface area contributed by atoms with E-state index in [1.54, 1.807) is 0 Å². The van der Waals surface area contributed by atoms with Crippen LogP contribution in [-0.4, -0.2) is 11.6 Å². The van der Waals surface area contributed by atoms with Gasteiger partial charge in [-0.3, -0.25) is 4.79 Å². The minimum atomic E-state index is -0.353. The fourth-order valence-corrected chi connectivity index (χ4v) is 3.54. The van der Waals surface area contributed by atoms with Crippen LogP contribution in [0.1, 0.15) is 87.0 Å². The van der Waals surface area contributed by atoms with Gasteiger partial charge >= 0.3 is 5.97 Å². The summed E-state index contributed by atoms with van der Waals surface area (Å²) < 4.78 is 6.05. The first-order chi connectivity index (χ1) is 9.67. The van der Waals surface area contributed by atoms with E-state index < -0.39 is 0 Å². The van der Waals surface area contributed by atoms with Gasteiger partial charge in [-0.25, -0.2) is 0 Å². The summed E-state index contributed by atoms with van der Waals surface area (Å²) >= 11 is 0. The van der Waals surface area contributed by atoms with Crippen molar-refractivity contribution >= 4 is 5.97 Å². The number of hydrogen-bond acceptors (Lipinski definition) is 2. The van der Waals surface area contributed by atoms with Gasteiger partial charge in [0.05, 0.1) is 5.41 Å². The number of carbonyl (C=O) groups is 1. The quantitative estimate of drug-likeness (QED) is 0.597. The Labute approximate surface area is 132 Å². The highest BCUT2D eigenvalue weighted by Gasteiger charge is 2.43. The normalized spacial score (nSPS) is 27.8. The molecule has 0 aromatic carbocycles. The molecule has 0 aliphatic heterocycles. The Hall–Kier alpha value is -0.530. The molecular formula is C19H36O2. The molecule has 1 aliphatic carbocycles. The van der Waals surface area contributed by atoms with Crippen molar-refractivity contribution in [1.82, 2.24) is 0 Å². The molecule has 1 saturated carbocycles. The lowest BCUT2D eigenvalue weighted by atomic mass is 9.73. The minimum Gasteiger partial charge on any atom is -0.459 e. The van der Waals surface area contributed by atoms with Crippen LogP contribution in [0.25, 0.3) is 0 Å². The van der Waals surface area contributed by atoms with Gasteiger partial charge in [-0.1, -0.05) is 47.0 Å². The van der Waals surface area contributed by atoms with E-state index in [2.05, 4.69) is 48.5 Å². The van der Waals surface area contributed by atoms with Crippen molar-refractivity contribution < 1.29 is 9.53 Å². The average Bonchev–Trinajstić information content (AvgIpc) is 2.45. The van der Waals surface area contributed by atoms with Crippen LogP contribution in [0.4, 0.5) is 0 Å². The molecule has 0 radical (unpaired) electrons. The fraction of sp³-hybridized carbons (Fsp3) is 0.947. The van der Waals surface area contributed by atoms with Gasteiger partial charge < -0.3 is 4.74 Å². The van der Waals surface area contributed by atoms with E-state index in [0.717, 1.165) is 18.8 Å². The molecule has 0 saturated heterocycles. The second-order valence-electron chi connectivity index (χ2n) is 8.03. The molecule has 0 N–H and O–H groups in total. The van der Waals surface area contributed by atoms with Crippen molar-refractivity contribution in [3.63, 3.8) is 0 Å². The first-order valence-corrected chi connectivity index (χ1v) is 8.90. The Morgan fingerprint density at radius 1 is 1.14 bits per heavy atom. The number of hydrogen-bond donors (Lipinski definition) is 0. The van der Waals surface area contributed by atoms with Gasteiger partial charge in [-0.2, -0.15) is 0 Å². The molecule has 124 valence electrons. The lowest BCUT2D eigenvalue weighted by molar-refractivity contribution is -0.178. The number of carbonyl (C=O) groups excluding carboxylic acids is 1. The molecule has 0 aromatic rings. The standard InChI is InChI=1S/C19H36O2/c1-8-15(4)19(7,9-2)17(20)21-18(5,6)16-12-10-14(3)11-13-16/h14-16H,8-13H2,1-7H3. The first kappa shape index (κ1) is 18.5. The molecule has 0 bridgehead atoms. The predicted octanol–water partition coefficient (Wildman–Crippen LogP) is 5.60. The van der Waals surface area contributed by atoms with E-state index in [0.29, 0.717) is 11.8 Å². The summed E-state index contributed by atoms with van der Waals surface area (Å²) in [5.41, 5.74) is -0.685. The van der Waals surface area contributed by atoms with Crippen molar-refractivity contribution in [1.29, 1.82) is 0 Å². The molecule has 1 aliphatic rings. The van der Waals surface area contributed by atoms with Gasteiger partial charge in [0.2, 0.25) is 0 Å². The molecule has 1 rings (SSSR count). The van der Waals surface area contributed by atoms with Crippen molar-refractivity contribution in [2.75, 3.05) is 0 Å². The fourth-order valence-electron chi connectivity index (χ4n) is 3.54. The molecule has 0 heterocycles. The summed E-state index contributed by atoms with van der Waals surface area (Å²) in [5.74, 6) is 1.70.